The van der Waals surface area contributed by atoms with Crippen molar-refractivity contribution in [2.45, 2.75) is 25.8 Å². The Balaban J connectivity index is 1.48. The van der Waals surface area contributed by atoms with Crippen molar-refractivity contribution in [3.63, 3.8) is 0 Å². The predicted molar refractivity (Wildman–Crippen MR) is 130 cm³/mol. The molecule has 0 saturated heterocycles. The van der Waals surface area contributed by atoms with E-state index in [9.17, 15) is 4.21 Å². The van der Waals surface area contributed by atoms with Gasteiger partial charge in [-0.2, -0.15) is 0 Å². The van der Waals surface area contributed by atoms with Crippen LogP contribution in [0.15, 0.2) is 64.5 Å². The average Bonchev–Trinajstić information content (AvgIpc) is 3.43. The molecule has 0 aliphatic heterocycles. The summed E-state index contributed by atoms with van der Waals surface area (Å²) in [4.78, 5) is 9.05. The second kappa shape index (κ2) is 10.6. The van der Waals surface area contributed by atoms with Crippen molar-refractivity contribution in [2.24, 2.45) is 0 Å². The molecule has 0 amide bonds. The van der Waals surface area contributed by atoms with Crippen molar-refractivity contribution in [1.29, 1.82) is 0 Å². The number of rotatable bonds is 10. The number of aryl methyl sites for hydroxylation is 1. The fourth-order valence-electron chi connectivity index (χ4n) is 3.40. The highest BCUT2D eigenvalue weighted by atomic mass is 32.2. The Morgan fingerprint density at radius 2 is 2.03 bits per heavy atom. The van der Waals surface area contributed by atoms with Gasteiger partial charge in [0.15, 0.2) is 0 Å². The average molecular weight is 485 g/mol. The largest absolute Gasteiger partial charge is 0.497 e. The normalized spacial score (nSPS) is 12.8. The molecule has 33 heavy (non-hydrogen) atoms. The van der Waals surface area contributed by atoms with E-state index in [4.69, 9.17) is 13.7 Å². The SMILES string of the molecule is COc1cccc(Cc2cnc(N[C@@H](Cc3ccc(NS(=O)O)cc3)c3csc(C)n3)o2)c1. The summed E-state index contributed by atoms with van der Waals surface area (Å²) in [6, 6.07) is 15.5. The van der Waals surface area contributed by atoms with Gasteiger partial charge in [0.25, 0.3) is 17.3 Å². The minimum absolute atomic E-state index is 0.149. The fourth-order valence-corrected chi connectivity index (χ4v) is 4.41. The molecule has 0 aliphatic carbocycles. The molecular weight excluding hydrogens is 460 g/mol. The summed E-state index contributed by atoms with van der Waals surface area (Å²) in [5, 5.41) is 6.38. The van der Waals surface area contributed by atoms with Crippen molar-refractivity contribution < 1.29 is 17.9 Å². The van der Waals surface area contributed by atoms with Crippen molar-refractivity contribution in [2.75, 3.05) is 17.1 Å². The second-order valence-electron chi connectivity index (χ2n) is 7.40. The summed E-state index contributed by atoms with van der Waals surface area (Å²) in [6.45, 7) is 1.97. The van der Waals surface area contributed by atoms with Gasteiger partial charge in [-0.1, -0.05) is 24.3 Å². The highest BCUT2D eigenvalue weighted by Crippen LogP contribution is 2.26. The first kappa shape index (κ1) is 23.0. The number of nitrogens with one attached hydrogen (secondary N) is 2. The van der Waals surface area contributed by atoms with Crippen molar-refractivity contribution in [3.05, 3.63) is 87.7 Å². The summed E-state index contributed by atoms with van der Waals surface area (Å²) in [5.41, 5.74) is 3.59. The zero-order valence-corrected chi connectivity index (χ0v) is 19.8. The molecule has 4 aromatic rings. The van der Waals surface area contributed by atoms with Gasteiger partial charge in [0, 0.05) is 17.5 Å². The van der Waals surface area contributed by atoms with E-state index >= 15 is 0 Å². The Hall–Kier alpha value is -3.21. The molecule has 2 aromatic carbocycles. The van der Waals surface area contributed by atoms with E-state index in [1.165, 1.54) is 0 Å². The molecule has 3 N–H and O–H groups in total. The molecule has 0 saturated carbocycles. The molecule has 172 valence electrons. The first-order chi connectivity index (χ1) is 16.0. The van der Waals surface area contributed by atoms with Crippen LogP contribution >= 0.6 is 11.3 Å². The number of hydrogen-bond acceptors (Lipinski definition) is 7. The van der Waals surface area contributed by atoms with E-state index < -0.39 is 11.3 Å². The van der Waals surface area contributed by atoms with Gasteiger partial charge in [-0.15, -0.1) is 11.3 Å². The minimum atomic E-state index is -2.10. The summed E-state index contributed by atoms with van der Waals surface area (Å²) < 4.78 is 33.6. The molecule has 0 spiro atoms. The van der Waals surface area contributed by atoms with Crippen LogP contribution in [0, 0.1) is 6.92 Å². The number of aromatic nitrogens is 2. The number of hydrogen-bond donors (Lipinski definition) is 3. The lowest BCUT2D eigenvalue weighted by Crippen LogP contribution is -2.14. The second-order valence-corrected chi connectivity index (χ2v) is 9.17. The standard InChI is InChI=1S/C23H24N4O4S2/c1-15-25-22(14-32-15)21(12-16-6-8-18(9-7-16)27-33(28)29)26-23-24-13-20(31-23)11-17-4-3-5-19(10-17)30-2/h3-10,13-14,21,27H,11-12H2,1-2H3,(H,24,26)(H,28,29)/t21-/m0/s1. The molecule has 0 radical (unpaired) electrons. The monoisotopic (exact) mass is 484 g/mol. The first-order valence-electron chi connectivity index (χ1n) is 10.2. The van der Waals surface area contributed by atoms with E-state index in [0.717, 1.165) is 33.3 Å². The van der Waals surface area contributed by atoms with Crippen molar-refractivity contribution in [1.82, 2.24) is 9.97 Å². The van der Waals surface area contributed by atoms with E-state index in [1.54, 1.807) is 36.8 Å². The van der Waals surface area contributed by atoms with Crippen LogP contribution in [0.2, 0.25) is 0 Å². The van der Waals surface area contributed by atoms with E-state index in [0.29, 0.717) is 24.5 Å². The lowest BCUT2D eigenvalue weighted by Gasteiger charge is -2.16. The summed E-state index contributed by atoms with van der Waals surface area (Å²) in [5.74, 6) is 1.54. The third-order valence-electron chi connectivity index (χ3n) is 4.96. The molecule has 10 heteroatoms. The Labute approximate surface area is 198 Å². The maximum absolute atomic E-state index is 10.9. The fraction of sp³-hybridized carbons (Fsp3) is 0.217. The van der Waals surface area contributed by atoms with Gasteiger partial charge in [-0.05, 0) is 48.7 Å². The topological polar surface area (TPSA) is 110 Å². The van der Waals surface area contributed by atoms with Crippen LogP contribution in [-0.4, -0.2) is 25.8 Å². The lowest BCUT2D eigenvalue weighted by atomic mass is 10.0. The van der Waals surface area contributed by atoms with E-state index in [1.807, 2.05) is 48.7 Å². The molecule has 2 atom stereocenters. The van der Waals surface area contributed by atoms with Gasteiger partial charge in [0.05, 0.1) is 30.1 Å². The quantitative estimate of drug-likeness (QED) is 0.272. The zero-order chi connectivity index (χ0) is 23.2. The minimum Gasteiger partial charge on any atom is -0.497 e. The van der Waals surface area contributed by atoms with Crippen molar-refractivity contribution in [3.8, 4) is 5.75 Å². The summed E-state index contributed by atoms with van der Waals surface area (Å²) in [7, 11) is 1.65. The Kier molecular flexibility index (Phi) is 7.38. The maximum atomic E-state index is 10.9. The highest BCUT2D eigenvalue weighted by Gasteiger charge is 2.18. The maximum Gasteiger partial charge on any atom is 0.295 e. The Morgan fingerprint density at radius 1 is 1.21 bits per heavy atom. The third-order valence-corrected chi connectivity index (χ3v) is 6.16. The molecule has 8 nitrogen and oxygen atoms in total. The lowest BCUT2D eigenvalue weighted by molar-refractivity contribution is 0.414. The number of thiazole rings is 1. The molecule has 2 heterocycles. The Bertz CT molecular complexity index is 1220. The molecule has 0 aliphatic rings. The number of oxazole rings is 1. The number of methoxy groups -OCH3 is 1. The number of ether oxygens (including phenoxy) is 1. The predicted octanol–water partition coefficient (Wildman–Crippen LogP) is 4.98. The summed E-state index contributed by atoms with van der Waals surface area (Å²) >= 11 is -0.513. The molecule has 0 fully saturated rings. The van der Waals surface area contributed by atoms with Gasteiger partial charge in [0.2, 0.25) is 0 Å². The highest BCUT2D eigenvalue weighted by molar-refractivity contribution is 7.80. The van der Waals surface area contributed by atoms with Gasteiger partial charge in [0.1, 0.15) is 11.5 Å². The van der Waals surface area contributed by atoms with E-state index in [2.05, 4.69) is 20.0 Å². The Morgan fingerprint density at radius 3 is 2.73 bits per heavy atom. The first-order valence-corrected chi connectivity index (χ1v) is 12.2. The van der Waals surface area contributed by atoms with Crippen LogP contribution in [0.4, 0.5) is 11.7 Å². The number of benzene rings is 2. The van der Waals surface area contributed by atoms with Crippen LogP contribution in [0.3, 0.4) is 0 Å². The smallest absolute Gasteiger partial charge is 0.295 e. The zero-order valence-electron chi connectivity index (χ0n) is 18.1. The van der Waals surface area contributed by atoms with Crippen LogP contribution in [-0.2, 0) is 24.1 Å². The van der Waals surface area contributed by atoms with Crippen LogP contribution in [0.5, 0.6) is 5.75 Å². The van der Waals surface area contributed by atoms with Crippen LogP contribution < -0.4 is 14.8 Å². The number of nitrogens with zero attached hydrogens (tertiary/aromatic N) is 2. The van der Waals surface area contributed by atoms with Gasteiger partial charge < -0.3 is 14.5 Å². The molecule has 2 aromatic heterocycles. The number of anilines is 2. The van der Waals surface area contributed by atoms with Crippen LogP contribution in [0.25, 0.3) is 0 Å². The van der Waals surface area contributed by atoms with Gasteiger partial charge in [-0.25, -0.2) is 14.2 Å². The van der Waals surface area contributed by atoms with Gasteiger partial charge >= 0.3 is 0 Å². The van der Waals surface area contributed by atoms with Crippen LogP contribution in [0.1, 0.15) is 33.6 Å². The van der Waals surface area contributed by atoms with E-state index in [-0.39, 0.29) is 6.04 Å². The third kappa shape index (κ3) is 6.41. The molecule has 1 unspecified atom stereocenters. The molecule has 4 rings (SSSR count). The summed E-state index contributed by atoms with van der Waals surface area (Å²) in [6.07, 6.45) is 2.97. The van der Waals surface area contributed by atoms with Crippen molar-refractivity contribution >= 4 is 34.3 Å². The molecule has 0 bridgehead atoms. The van der Waals surface area contributed by atoms with Gasteiger partial charge in [-0.3, -0.25) is 9.27 Å². The molecular formula is C23H24N4O4S2.